The lowest BCUT2D eigenvalue weighted by atomic mass is 9.73. The van der Waals surface area contributed by atoms with Gasteiger partial charge in [-0.25, -0.2) is 4.98 Å². The second-order valence-electron chi connectivity index (χ2n) is 7.38. The zero-order valence-corrected chi connectivity index (χ0v) is 17.0. The van der Waals surface area contributed by atoms with Crippen molar-refractivity contribution in [2.75, 3.05) is 24.6 Å². The van der Waals surface area contributed by atoms with E-state index in [1.807, 2.05) is 11.8 Å². The second-order valence-corrected chi connectivity index (χ2v) is 8.84. The summed E-state index contributed by atoms with van der Waals surface area (Å²) < 4.78 is 5.75. The third-order valence-electron chi connectivity index (χ3n) is 5.73. The molecule has 2 atom stereocenters. The van der Waals surface area contributed by atoms with Crippen LogP contribution in [0.5, 0.6) is 0 Å². The summed E-state index contributed by atoms with van der Waals surface area (Å²) in [6, 6.07) is 1.71. The Morgan fingerprint density at radius 3 is 2.75 bits per heavy atom. The molecule has 0 unspecified atom stereocenters. The maximum absolute atomic E-state index is 12.6. The van der Waals surface area contributed by atoms with Crippen LogP contribution in [0.4, 0.5) is 5.82 Å². The average Bonchev–Trinajstić information content (AvgIpc) is 2.95. The number of aromatic nitrogens is 3. The molecule has 2 aromatic heterocycles. The van der Waals surface area contributed by atoms with Crippen molar-refractivity contribution in [2.45, 2.75) is 41.8 Å². The van der Waals surface area contributed by atoms with E-state index in [1.54, 1.807) is 12.3 Å². The molecule has 2 aliphatic heterocycles. The van der Waals surface area contributed by atoms with E-state index >= 15 is 0 Å². The number of nitrogens with zero attached hydrogens (tertiary/aromatic N) is 2. The molecule has 0 aromatic carbocycles. The Bertz CT molecular complexity index is 986. The highest BCUT2D eigenvalue weighted by atomic mass is 35.5. The fraction of sp³-hybridized carbons (Fsp3) is 0.500. The van der Waals surface area contributed by atoms with E-state index in [4.69, 9.17) is 22.1 Å². The maximum atomic E-state index is 12.6. The van der Waals surface area contributed by atoms with Crippen LogP contribution in [0.3, 0.4) is 0 Å². The van der Waals surface area contributed by atoms with E-state index in [0.29, 0.717) is 35.4 Å². The van der Waals surface area contributed by atoms with Gasteiger partial charge in [0.15, 0.2) is 5.82 Å². The molecule has 0 bridgehead atoms. The van der Waals surface area contributed by atoms with Gasteiger partial charge in [-0.05, 0) is 25.8 Å². The Labute approximate surface area is 170 Å². The van der Waals surface area contributed by atoms with Crippen molar-refractivity contribution >= 4 is 29.2 Å². The Morgan fingerprint density at radius 2 is 2.11 bits per heavy atom. The molecule has 28 heavy (non-hydrogen) atoms. The summed E-state index contributed by atoms with van der Waals surface area (Å²) in [4.78, 5) is 36.4. The summed E-state index contributed by atoms with van der Waals surface area (Å²) in [7, 11) is 0. The van der Waals surface area contributed by atoms with Crippen molar-refractivity contribution in [1.29, 1.82) is 0 Å². The number of ether oxygens (including phenoxy) is 1. The quantitative estimate of drug-likeness (QED) is 0.686. The van der Waals surface area contributed by atoms with Crippen LogP contribution in [0.1, 0.15) is 19.8 Å². The first-order valence-corrected chi connectivity index (χ1v) is 10.4. The van der Waals surface area contributed by atoms with Gasteiger partial charge < -0.3 is 25.3 Å². The Balaban J connectivity index is 1.48. The molecule has 10 heteroatoms. The molecule has 2 aliphatic rings. The Hall–Kier alpha value is -1.81. The van der Waals surface area contributed by atoms with Crippen molar-refractivity contribution in [2.24, 2.45) is 11.1 Å². The topological polar surface area (TPSA) is 117 Å². The zero-order chi connectivity index (χ0) is 19.9. The number of rotatable bonds is 3. The van der Waals surface area contributed by atoms with Gasteiger partial charge in [0, 0.05) is 35.6 Å². The summed E-state index contributed by atoms with van der Waals surface area (Å²) in [6.45, 7) is 4.12. The highest BCUT2D eigenvalue weighted by Crippen LogP contribution is 2.41. The van der Waals surface area contributed by atoms with Crippen LogP contribution in [0.25, 0.3) is 0 Å². The van der Waals surface area contributed by atoms with Crippen LogP contribution in [-0.2, 0) is 4.74 Å². The van der Waals surface area contributed by atoms with Gasteiger partial charge in [0.1, 0.15) is 5.02 Å². The Morgan fingerprint density at radius 1 is 1.36 bits per heavy atom. The van der Waals surface area contributed by atoms with Crippen molar-refractivity contribution < 1.29 is 4.74 Å². The van der Waals surface area contributed by atoms with E-state index < -0.39 is 0 Å². The number of anilines is 1. The minimum atomic E-state index is -0.371. The summed E-state index contributed by atoms with van der Waals surface area (Å²) in [5.41, 5.74) is 5.72. The highest BCUT2D eigenvalue weighted by molar-refractivity contribution is 7.99. The number of halogens is 1. The standard InChI is InChI=1S/C18H22ClN5O3S/c1-10-14(20)18(9-27-10)3-6-24(7-4-18)15-17(26)23-12(8-22-15)28-11-2-5-21-16(25)13(11)19/h2,5,8,10,14H,3-4,6-7,9,20H2,1H3,(H,21,25)(H,23,26)/t10-,14+/m0/s1. The fourth-order valence-electron chi connectivity index (χ4n) is 3.93. The number of aromatic amines is 2. The molecule has 2 aromatic rings. The number of nitrogens with one attached hydrogen (secondary N) is 2. The molecular weight excluding hydrogens is 402 g/mol. The molecule has 4 rings (SSSR count). The zero-order valence-electron chi connectivity index (χ0n) is 15.4. The van der Waals surface area contributed by atoms with Gasteiger partial charge in [-0.1, -0.05) is 23.4 Å². The summed E-state index contributed by atoms with van der Waals surface area (Å²) in [6.07, 6.45) is 4.92. The van der Waals surface area contributed by atoms with Crippen LogP contribution in [0.2, 0.25) is 5.02 Å². The molecule has 1 spiro atoms. The monoisotopic (exact) mass is 423 g/mol. The largest absolute Gasteiger partial charge is 0.376 e. The van der Waals surface area contributed by atoms with E-state index in [1.165, 1.54) is 18.0 Å². The Kier molecular flexibility index (Phi) is 5.26. The minimum Gasteiger partial charge on any atom is -0.376 e. The molecular formula is C18H22ClN5O3S. The number of nitrogens with two attached hydrogens (primary N) is 1. The molecule has 2 fully saturated rings. The molecule has 4 heterocycles. The smallest absolute Gasteiger partial charge is 0.291 e. The number of piperidine rings is 1. The average molecular weight is 424 g/mol. The molecule has 0 saturated carbocycles. The van der Waals surface area contributed by atoms with Crippen LogP contribution in [0, 0.1) is 5.41 Å². The van der Waals surface area contributed by atoms with E-state index in [0.717, 1.165) is 12.8 Å². The van der Waals surface area contributed by atoms with E-state index in [-0.39, 0.29) is 33.7 Å². The normalized spacial score (nSPS) is 24.0. The van der Waals surface area contributed by atoms with E-state index in [2.05, 4.69) is 15.0 Å². The first kappa shape index (κ1) is 19.5. The van der Waals surface area contributed by atoms with E-state index in [9.17, 15) is 9.59 Å². The second kappa shape index (κ2) is 7.55. The molecule has 0 aliphatic carbocycles. The highest BCUT2D eigenvalue weighted by Gasteiger charge is 2.47. The first-order chi connectivity index (χ1) is 13.4. The lowest BCUT2D eigenvalue weighted by Crippen LogP contribution is -2.51. The molecule has 4 N–H and O–H groups in total. The maximum Gasteiger partial charge on any atom is 0.291 e. The first-order valence-electron chi connectivity index (χ1n) is 9.16. The molecule has 2 saturated heterocycles. The minimum absolute atomic E-state index is 0.00438. The van der Waals surface area contributed by atoms with Crippen molar-refractivity contribution in [3.63, 3.8) is 0 Å². The van der Waals surface area contributed by atoms with Gasteiger partial charge in [-0.2, -0.15) is 0 Å². The predicted molar refractivity (Wildman–Crippen MR) is 108 cm³/mol. The molecule has 150 valence electrons. The van der Waals surface area contributed by atoms with Gasteiger partial charge in [0.2, 0.25) is 0 Å². The molecule has 0 radical (unpaired) electrons. The number of H-pyrrole nitrogens is 2. The van der Waals surface area contributed by atoms with Gasteiger partial charge in [0.05, 0.1) is 23.9 Å². The lowest BCUT2D eigenvalue weighted by Gasteiger charge is -2.41. The van der Waals surface area contributed by atoms with Crippen molar-refractivity contribution in [3.05, 3.63) is 44.2 Å². The third kappa shape index (κ3) is 3.47. The summed E-state index contributed by atoms with van der Waals surface area (Å²) in [5, 5.41) is 0.609. The van der Waals surface area contributed by atoms with Crippen LogP contribution < -0.4 is 21.8 Å². The summed E-state index contributed by atoms with van der Waals surface area (Å²) >= 11 is 7.20. The van der Waals surface area contributed by atoms with Crippen LogP contribution in [-0.4, -0.2) is 46.8 Å². The predicted octanol–water partition coefficient (Wildman–Crippen LogP) is 1.60. The van der Waals surface area contributed by atoms with Crippen molar-refractivity contribution in [1.82, 2.24) is 15.0 Å². The van der Waals surface area contributed by atoms with Gasteiger partial charge in [0.25, 0.3) is 11.1 Å². The van der Waals surface area contributed by atoms with Gasteiger partial charge in [-0.15, -0.1) is 0 Å². The number of hydrogen-bond acceptors (Lipinski definition) is 7. The summed E-state index contributed by atoms with van der Waals surface area (Å²) in [5.74, 6) is 0.400. The van der Waals surface area contributed by atoms with Gasteiger partial charge >= 0.3 is 0 Å². The molecule has 0 amide bonds. The third-order valence-corrected chi connectivity index (χ3v) is 7.21. The molecule has 8 nitrogen and oxygen atoms in total. The van der Waals surface area contributed by atoms with Crippen LogP contribution >= 0.6 is 23.4 Å². The fourth-order valence-corrected chi connectivity index (χ4v) is 4.97. The number of pyridine rings is 1. The number of hydrogen-bond donors (Lipinski definition) is 3. The van der Waals surface area contributed by atoms with Crippen LogP contribution in [0.15, 0.2) is 38.0 Å². The van der Waals surface area contributed by atoms with Crippen molar-refractivity contribution in [3.8, 4) is 0 Å². The lowest BCUT2D eigenvalue weighted by molar-refractivity contribution is 0.0974. The SMILES string of the molecule is C[C@@H]1OCC2(CCN(c3ncc(Sc4cc[nH]c(=O)c4Cl)[nH]c3=O)CC2)[C@@H]1N. The van der Waals surface area contributed by atoms with Gasteiger partial charge in [-0.3, -0.25) is 9.59 Å².